The average Bonchev–Trinajstić information content (AvgIpc) is 2.60. The summed E-state index contributed by atoms with van der Waals surface area (Å²) in [6.07, 6.45) is 0.410. The van der Waals surface area contributed by atoms with E-state index in [-0.39, 0.29) is 17.7 Å². The molecule has 0 saturated heterocycles. The third-order valence-electron chi connectivity index (χ3n) is 4.18. The molecule has 0 spiro atoms. The Morgan fingerprint density at radius 3 is 2.36 bits per heavy atom. The van der Waals surface area contributed by atoms with Gasteiger partial charge in [0.15, 0.2) is 0 Å². The lowest BCUT2D eigenvalue weighted by Crippen LogP contribution is -2.23. The molecule has 0 aromatic heterocycles. The summed E-state index contributed by atoms with van der Waals surface area (Å²) in [6, 6.07) is 17.1. The van der Waals surface area contributed by atoms with Crippen LogP contribution in [0.5, 0.6) is 0 Å². The molecule has 25 heavy (non-hydrogen) atoms. The summed E-state index contributed by atoms with van der Waals surface area (Å²) < 4.78 is 0. The van der Waals surface area contributed by atoms with Crippen molar-refractivity contribution in [1.29, 1.82) is 0 Å². The van der Waals surface area contributed by atoms with Gasteiger partial charge in [0.2, 0.25) is 5.91 Å². The minimum Gasteiger partial charge on any atom is -0.352 e. The molecule has 4 heteroatoms. The van der Waals surface area contributed by atoms with Crippen molar-refractivity contribution < 1.29 is 9.59 Å². The standard InChI is InChI=1S/C21H26N2O2/c1-4-22-21(25)17-11-8-12-18(13-17)23-20(24)14-19(15(2)3)16-9-6-5-7-10-16/h5-13,15,19H,4,14H2,1-3H3,(H,22,25)(H,23,24). The van der Waals surface area contributed by atoms with E-state index in [0.717, 1.165) is 0 Å². The van der Waals surface area contributed by atoms with Crippen LogP contribution in [-0.2, 0) is 4.79 Å². The maximum atomic E-state index is 12.5. The first-order chi connectivity index (χ1) is 12.0. The smallest absolute Gasteiger partial charge is 0.251 e. The number of hydrogen-bond acceptors (Lipinski definition) is 2. The zero-order valence-corrected chi connectivity index (χ0v) is 15.1. The lowest BCUT2D eigenvalue weighted by molar-refractivity contribution is -0.116. The molecule has 2 rings (SSSR count). The highest BCUT2D eigenvalue weighted by Crippen LogP contribution is 2.28. The molecule has 0 saturated carbocycles. The Morgan fingerprint density at radius 2 is 1.72 bits per heavy atom. The number of hydrogen-bond donors (Lipinski definition) is 2. The quantitative estimate of drug-likeness (QED) is 0.795. The first-order valence-electron chi connectivity index (χ1n) is 8.74. The molecule has 2 amide bonds. The summed E-state index contributed by atoms with van der Waals surface area (Å²) in [5.41, 5.74) is 2.36. The van der Waals surface area contributed by atoms with E-state index in [2.05, 4.69) is 36.6 Å². The number of amides is 2. The van der Waals surface area contributed by atoms with Gasteiger partial charge in [-0.3, -0.25) is 9.59 Å². The topological polar surface area (TPSA) is 58.2 Å². The largest absolute Gasteiger partial charge is 0.352 e. The van der Waals surface area contributed by atoms with Crippen LogP contribution < -0.4 is 10.6 Å². The van der Waals surface area contributed by atoms with Crippen LogP contribution in [0.15, 0.2) is 54.6 Å². The minimum absolute atomic E-state index is 0.0457. The van der Waals surface area contributed by atoms with E-state index in [1.807, 2.05) is 25.1 Å². The maximum Gasteiger partial charge on any atom is 0.251 e. The Bertz CT molecular complexity index is 711. The molecule has 0 fully saturated rings. The third kappa shape index (κ3) is 5.45. The molecule has 1 atom stereocenters. The Labute approximate surface area is 149 Å². The molecule has 0 bridgehead atoms. The Hall–Kier alpha value is -2.62. The highest BCUT2D eigenvalue weighted by Gasteiger charge is 2.19. The van der Waals surface area contributed by atoms with Gasteiger partial charge in [-0.25, -0.2) is 0 Å². The van der Waals surface area contributed by atoms with Crippen molar-refractivity contribution in [2.75, 3.05) is 11.9 Å². The van der Waals surface area contributed by atoms with Crippen molar-refractivity contribution in [2.24, 2.45) is 5.92 Å². The lowest BCUT2D eigenvalue weighted by Gasteiger charge is -2.21. The van der Waals surface area contributed by atoms with E-state index in [1.54, 1.807) is 24.3 Å². The second kappa shape index (κ2) is 9.02. The summed E-state index contributed by atoms with van der Waals surface area (Å²) in [4.78, 5) is 24.4. The first kappa shape index (κ1) is 18.7. The van der Waals surface area contributed by atoms with Crippen molar-refractivity contribution in [3.8, 4) is 0 Å². The van der Waals surface area contributed by atoms with Crippen LogP contribution in [0, 0.1) is 5.92 Å². The molecule has 0 radical (unpaired) electrons. The average molecular weight is 338 g/mol. The maximum absolute atomic E-state index is 12.5. The summed E-state index contributed by atoms with van der Waals surface area (Å²) in [7, 11) is 0. The number of rotatable bonds is 7. The number of carbonyl (C=O) groups excluding carboxylic acids is 2. The van der Waals surface area contributed by atoms with Crippen LogP contribution in [0.25, 0.3) is 0 Å². The molecule has 4 nitrogen and oxygen atoms in total. The fourth-order valence-electron chi connectivity index (χ4n) is 2.85. The molecule has 0 heterocycles. The van der Waals surface area contributed by atoms with E-state index in [4.69, 9.17) is 0 Å². The Morgan fingerprint density at radius 1 is 1.00 bits per heavy atom. The van der Waals surface area contributed by atoms with Crippen molar-refractivity contribution in [3.05, 3.63) is 65.7 Å². The lowest BCUT2D eigenvalue weighted by atomic mass is 9.85. The Balaban J connectivity index is 2.06. The molecule has 0 aliphatic heterocycles. The van der Waals surface area contributed by atoms with Crippen molar-refractivity contribution in [2.45, 2.75) is 33.1 Å². The van der Waals surface area contributed by atoms with Gasteiger partial charge in [-0.15, -0.1) is 0 Å². The zero-order valence-electron chi connectivity index (χ0n) is 15.1. The SMILES string of the molecule is CCNC(=O)c1cccc(NC(=O)CC(c2ccccc2)C(C)C)c1. The molecule has 2 aromatic carbocycles. The van der Waals surface area contributed by atoms with Gasteiger partial charge in [0.25, 0.3) is 5.91 Å². The van der Waals surface area contributed by atoms with Gasteiger partial charge in [-0.05, 0) is 42.5 Å². The van der Waals surface area contributed by atoms with Crippen molar-refractivity contribution in [3.63, 3.8) is 0 Å². The van der Waals surface area contributed by atoms with Gasteiger partial charge < -0.3 is 10.6 Å². The van der Waals surface area contributed by atoms with E-state index >= 15 is 0 Å². The van der Waals surface area contributed by atoms with Crippen LogP contribution in [-0.4, -0.2) is 18.4 Å². The first-order valence-corrected chi connectivity index (χ1v) is 8.74. The summed E-state index contributed by atoms with van der Waals surface area (Å²) >= 11 is 0. The summed E-state index contributed by atoms with van der Waals surface area (Å²) in [6.45, 7) is 6.70. The van der Waals surface area contributed by atoms with Gasteiger partial charge in [-0.2, -0.15) is 0 Å². The zero-order chi connectivity index (χ0) is 18.2. The van der Waals surface area contributed by atoms with Crippen molar-refractivity contribution >= 4 is 17.5 Å². The second-order valence-electron chi connectivity index (χ2n) is 6.45. The molecule has 2 aromatic rings. The highest BCUT2D eigenvalue weighted by molar-refractivity contribution is 5.97. The number of anilines is 1. The van der Waals surface area contributed by atoms with Crippen LogP contribution in [0.2, 0.25) is 0 Å². The molecule has 0 aliphatic rings. The highest BCUT2D eigenvalue weighted by atomic mass is 16.2. The number of carbonyl (C=O) groups is 2. The second-order valence-corrected chi connectivity index (χ2v) is 6.45. The van der Waals surface area contributed by atoms with Gasteiger partial charge in [0.05, 0.1) is 0 Å². The summed E-state index contributed by atoms with van der Waals surface area (Å²) in [5.74, 6) is 0.334. The minimum atomic E-state index is -0.136. The molecule has 0 aliphatic carbocycles. The van der Waals surface area contributed by atoms with Gasteiger partial charge in [0, 0.05) is 24.2 Å². The van der Waals surface area contributed by atoms with E-state index in [9.17, 15) is 9.59 Å². The molecule has 2 N–H and O–H groups in total. The van der Waals surface area contributed by atoms with Gasteiger partial charge >= 0.3 is 0 Å². The van der Waals surface area contributed by atoms with Gasteiger partial charge in [-0.1, -0.05) is 50.2 Å². The third-order valence-corrected chi connectivity index (χ3v) is 4.18. The fraction of sp³-hybridized carbons (Fsp3) is 0.333. The van der Waals surface area contributed by atoms with Crippen molar-refractivity contribution in [1.82, 2.24) is 5.32 Å². The van der Waals surface area contributed by atoms with E-state index < -0.39 is 0 Å². The predicted molar refractivity (Wildman–Crippen MR) is 102 cm³/mol. The molecule has 132 valence electrons. The van der Waals surface area contributed by atoms with Crippen LogP contribution >= 0.6 is 0 Å². The van der Waals surface area contributed by atoms with Gasteiger partial charge in [0.1, 0.15) is 0 Å². The number of benzene rings is 2. The van der Waals surface area contributed by atoms with E-state index in [1.165, 1.54) is 5.56 Å². The normalized spacial score (nSPS) is 11.8. The molecular formula is C21H26N2O2. The van der Waals surface area contributed by atoms with Crippen LogP contribution in [0.3, 0.4) is 0 Å². The van der Waals surface area contributed by atoms with Crippen LogP contribution in [0.4, 0.5) is 5.69 Å². The summed E-state index contributed by atoms with van der Waals surface area (Å²) in [5, 5.41) is 5.67. The fourth-order valence-corrected chi connectivity index (χ4v) is 2.85. The predicted octanol–water partition coefficient (Wildman–Crippen LogP) is 4.20. The molecule has 1 unspecified atom stereocenters. The number of nitrogens with one attached hydrogen (secondary N) is 2. The Kier molecular flexibility index (Phi) is 6.75. The van der Waals surface area contributed by atoms with Crippen LogP contribution in [0.1, 0.15) is 49.0 Å². The molecular weight excluding hydrogens is 312 g/mol. The monoisotopic (exact) mass is 338 g/mol. The van der Waals surface area contributed by atoms with E-state index in [0.29, 0.717) is 30.1 Å².